The first-order chi connectivity index (χ1) is 14.2. The maximum absolute atomic E-state index is 13.3. The summed E-state index contributed by atoms with van der Waals surface area (Å²) in [5, 5.41) is 5.22. The Balaban J connectivity index is 3.26. The van der Waals surface area contributed by atoms with Gasteiger partial charge in [-0.25, -0.2) is 4.79 Å². The minimum atomic E-state index is -1.28. The molecule has 0 aliphatic heterocycles. The van der Waals surface area contributed by atoms with Crippen molar-refractivity contribution in [2.24, 2.45) is 5.73 Å². The topological polar surface area (TPSA) is 131 Å². The zero-order valence-electron chi connectivity index (χ0n) is 19.3. The van der Waals surface area contributed by atoms with E-state index in [-0.39, 0.29) is 11.9 Å². The molecule has 0 aliphatic rings. The number of likely N-dealkylation sites (N-methyl/N-ethyl adjacent to an activating group) is 1. The summed E-state index contributed by atoms with van der Waals surface area (Å²) < 4.78 is 5.19. The molecule has 0 radical (unpaired) electrons. The lowest BCUT2D eigenvalue weighted by atomic mass is 9.98. The zero-order chi connectivity index (χ0) is 23.9. The van der Waals surface area contributed by atoms with Crippen LogP contribution < -0.4 is 16.4 Å². The van der Waals surface area contributed by atoms with E-state index in [9.17, 15) is 19.2 Å². The maximum Gasteiger partial charge on any atom is 0.408 e. The number of hydrogen-bond donors (Lipinski definition) is 3. The van der Waals surface area contributed by atoms with Crippen molar-refractivity contribution < 1.29 is 23.9 Å². The van der Waals surface area contributed by atoms with Gasteiger partial charge in [0.25, 0.3) is 0 Å². The number of rotatable bonds is 8. The monoisotopic (exact) mass is 434 g/mol. The van der Waals surface area contributed by atoms with Gasteiger partial charge < -0.3 is 26.0 Å². The van der Waals surface area contributed by atoms with Crippen LogP contribution in [0, 0.1) is 6.92 Å². The van der Waals surface area contributed by atoms with Crippen LogP contribution in [0.4, 0.5) is 4.79 Å². The molecule has 0 fully saturated rings. The van der Waals surface area contributed by atoms with Gasteiger partial charge in [-0.2, -0.15) is 0 Å². The van der Waals surface area contributed by atoms with E-state index < -0.39 is 42.0 Å². The SMILES string of the molecule is Cc1ccccc1C(C(=O)NC(C)C)N(C)C(=O)C(CC(N)=O)NC(=O)OC(C)(C)C. The molecule has 0 heterocycles. The number of ether oxygens (including phenoxy) is 1. The van der Waals surface area contributed by atoms with Crippen LogP contribution in [0.5, 0.6) is 0 Å². The Kier molecular flexibility index (Phi) is 9.02. The highest BCUT2D eigenvalue weighted by Crippen LogP contribution is 2.24. The Morgan fingerprint density at radius 1 is 1.10 bits per heavy atom. The molecule has 1 aromatic rings. The summed E-state index contributed by atoms with van der Waals surface area (Å²) in [6.07, 6.45) is -1.30. The largest absolute Gasteiger partial charge is 0.444 e. The summed E-state index contributed by atoms with van der Waals surface area (Å²) in [6, 6.07) is 4.80. The predicted molar refractivity (Wildman–Crippen MR) is 117 cm³/mol. The van der Waals surface area contributed by atoms with Crippen LogP contribution >= 0.6 is 0 Å². The fourth-order valence-corrected chi connectivity index (χ4v) is 3.01. The molecule has 1 rings (SSSR count). The first kappa shape index (κ1) is 25.9. The number of amides is 4. The molecule has 9 nitrogen and oxygen atoms in total. The van der Waals surface area contributed by atoms with Gasteiger partial charge in [0.1, 0.15) is 17.7 Å². The minimum absolute atomic E-state index is 0.149. The number of aryl methyl sites for hydroxylation is 1. The van der Waals surface area contributed by atoms with Crippen molar-refractivity contribution in [3.63, 3.8) is 0 Å². The zero-order valence-corrected chi connectivity index (χ0v) is 19.3. The Hall–Kier alpha value is -3.10. The number of carbonyl (C=O) groups excluding carboxylic acids is 4. The summed E-state index contributed by atoms with van der Waals surface area (Å²) >= 11 is 0. The van der Waals surface area contributed by atoms with Gasteiger partial charge in [0.05, 0.1) is 6.42 Å². The van der Waals surface area contributed by atoms with Crippen molar-refractivity contribution in [1.82, 2.24) is 15.5 Å². The van der Waals surface area contributed by atoms with E-state index in [0.29, 0.717) is 5.56 Å². The second-order valence-electron chi connectivity index (χ2n) is 8.74. The average molecular weight is 435 g/mol. The molecule has 2 atom stereocenters. The number of nitrogens with zero attached hydrogens (tertiary/aromatic N) is 1. The van der Waals surface area contributed by atoms with Crippen LogP contribution in [0.15, 0.2) is 24.3 Å². The third-order valence-electron chi connectivity index (χ3n) is 4.29. The van der Waals surface area contributed by atoms with Gasteiger partial charge >= 0.3 is 6.09 Å². The smallest absolute Gasteiger partial charge is 0.408 e. The Morgan fingerprint density at radius 3 is 2.16 bits per heavy atom. The van der Waals surface area contributed by atoms with Crippen molar-refractivity contribution in [2.45, 2.75) is 71.7 Å². The molecule has 31 heavy (non-hydrogen) atoms. The Morgan fingerprint density at radius 2 is 1.68 bits per heavy atom. The number of benzene rings is 1. The van der Waals surface area contributed by atoms with E-state index in [0.717, 1.165) is 5.56 Å². The molecule has 9 heteroatoms. The number of nitrogens with one attached hydrogen (secondary N) is 2. The first-order valence-electron chi connectivity index (χ1n) is 10.1. The van der Waals surface area contributed by atoms with Crippen LogP contribution in [0.1, 0.15) is 58.2 Å². The lowest BCUT2D eigenvalue weighted by molar-refractivity contribution is -0.141. The van der Waals surface area contributed by atoms with Crippen molar-refractivity contribution in [3.8, 4) is 0 Å². The van der Waals surface area contributed by atoms with Crippen LogP contribution in [-0.4, -0.2) is 53.4 Å². The molecule has 0 saturated carbocycles. The molecular formula is C22H34N4O5. The minimum Gasteiger partial charge on any atom is -0.444 e. The molecule has 1 aromatic carbocycles. The molecule has 4 amide bonds. The molecule has 0 saturated heterocycles. The second kappa shape index (κ2) is 10.8. The van der Waals surface area contributed by atoms with E-state index in [4.69, 9.17) is 10.5 Å². The molecule has 0 aliphatic carbocycles. The normalized spacial score (nSPS) is 13.2. The molecule has 0 bridgehead atoms. The molecule has 0 aromatic heterocycles. The van der Waals surface area contributed by atoms with Crippen LogP contribution in [0.2, 0.25) is 0 Å². The van der Waals surface area contributed by atoms with E-state index in [1.54, 1.807) is 32.9 Å². The van der Waals surface area contributed by atoms with Gasteiger partial charge in [0.15, 0.2) is 0 Å². The van der Waals surface area contributed by atoms with Gasteiger partial charge in [0, 0.05) is 13.1 Å². The molecule has 4 N–H and O–H groups in total. The standard InChI is InChI=1S/C22H34N4O5/c1-13(2)24-19(28)18(15-11-9-8-10-14(15)3)26(7)20(29)16(12-17(23)27)25-21(30)31-22(4,5)6/h8-11,13,16,18H,12H2,1-7H3,(H2,23,27)(H,24,28)(H,25,30). The van der Waals surface area contributed by atoms with Gasteiger partial charge in [-0.1, -0.05) is 24.3 Å². The summed E-state index contributed by atoms with van der Waals surface area (Å²) in [6.45, 7) is 10.5. The van der Waals surface area contributed by atoms with E-state index in [2.05, 4.69) is 10.6 Å². The number of primary amides is 1. The fraction of sp³-hybridized carbons (Fsp3) is 0.545. The van der Waals surface area contributed by atoms with Gasteiger partial charge in [-0.3, -0.25) is 14.4 Å². The third-order valence-corrected chi connectivity index (χ3v) is 4.29. The highest BCUT2D eigenvalue weighted by atomic mass is 16.6. The quantitative estimate of drug-likeness (QED) is 0.574. The summed E-state index contributed by atoms with van der Waals surface area (Å²) in [5.41, 5.74) is 5.94. The fourth-order valence-electron chi connectivity index (χ4n) is 3.01. The lowest BCUT2D eigenvalue weighted by Crippen LogP contribution is -2.53. The highest BCUT2D eigenvalue weighted by molar-refractivity contribution is 5.94. The average Bonchev–Trinajstić information content (AvgIpc) is 2.59. The number of carbonyl (C=O) groups is 4. The summed E-state index contributed by atoms with van der Waals surface area (Å²) in [5.74, 6) is -1.80. The van der Waals surface area contributed by atoms with E-state index >= 15 is 0 Å². The van der Waals surface area contributed by atoms with Gasteiger partial charge in [-0.15, -0.1) is 0 Å². The number of nitrogens with two attached hydrogens (primary N) is 1. The molecule has 2 unspecified atom stereocenters. The Bertz CT molecular complexity index is 816. The molecule has 172 valence electrons. The van der Waals surface area contributed by atoms with Crippen LogP contribution in [0.3, 0.4) is 0 Å². The number of alkyl carbamates (subject to hydrolysis) is 1. The lowest BCUT2D eigenvalue weighted by Gasteiger charge is -2.32. The van der Waals surface area contributed by atoms with E-state index in [1.807, 2.05) is 32.9 Å². The maximum atomic E-state index is 13.3. The summed E-state index contributed by atoms with van der Waals surface area (Å²) in [7, 11) is 1.45. The van der Waals surface area contributed by atoms with Crippen LogP contribution in [-0.2, 0) is 19.1 Å². The predicted octanol–water partition coefficient (Wildman–Crippen LogP) is 1.79. The van der Waals surface area contributed by atoms with Crippen molar-refractivity contribution in [2.75, 3.05) is 7.05 Å². The number of hydrogen-bond acceptors (Lipinski definition) is 5. The van der Waals surface area contributed by atoms with Crippen LogP contribution in [0.25, 0.3) is 0 Å². The highest BCUT2D eigenvalue weighted by Gasteiger charge is 2.35. The summed E-state index contributed by atoms with van der Waals surface area (Å²) in [4.78, 5) is 51.2. The first-order valence-corrected chi connectivity index (χ1v) is 10.1. The van der Waals surface area contributed by atoms with Crippen molar-refractivity contribution in [3.05, 3.63) is 35.4 Å². The Labute approximate surface area is 183 Å². The molecule has 0 spiro atoms. The van der Waals surface area contributed by atoms with E-state index in [1.165, 1.54) is 11.9 Å². The van der Waals surface area contributed by atoms with Gasteiger partial charge in [-0.05, 0) is 52.7 Å². The third kappa shape index (κ3) is 8.27. The van der Waals surface area contributed by atoms with Gasteiger partial charge in [0.2, 0.25) is 17.7 Å². The van der Waals surface area contributed by atoms with Crippen molar-refractivity contribution in [1.29, 1.82) is 0 Å². The molecular weight excluding hydrogens is 400 g/mol. The van der Waals surface area contributed by atoms with Crippen molar-refractivity contribution >= 4 is 23.8 Å². The second-order valence-corrected chi connectivity index (χ2v) is 8.74.